The molecule has 0 bridgehead atoms. The van der Waals surface area contributed by atoms with Crippen molar-refractivity contribution in [3.8, 4) is 11.5 Å². The van der Waals surface area contributed by atoms with Gasteiger partial charge in [-0.25, -0.2) is 4.98 Å². The first-order valence-electron chi connectivity index (χ1n) is 6.89. The number of nitrogens with zero attached hydrogens (tertiary/aromatic N) is 2. The third-order valence-electron chi connectivity index (χ3n) is 3.22. The van der Waals surface area contributed by atoms with E-state index in [-0.39, 0.29) is 6.10 Å². The standard InChI is InChI=1S/C15H21ClN2O3/c1-10(2)21-6-5-18-12-8-14(20-4)13(19-3)7-11(12)17-15(18)9-16/h7-8,10H,5-6,9H2,1-4H3. The number of rotatable bonds is 7. The summed E-state index contributed by atoms with van der Waals surface area (Å²) in [5.74, 6) is 2.50. The van der Waals surface area contributed by atoms with Crippen LogP contribution in [0.25, 0.3) is 11.0 Å². The van der Waals surface area contributed by atoms with Gasteiger partial charge in [-0.15, -0.1) is 11.6 Å². The molecule has 0 unspecified atom stereocenters. The summed E-state index contributed by atoms with van der Waals surface area (Å²) in [6, 6.07) is 3.79. The Morgan fingerprint density at radius 3 is 2.43 bits per heavy atom. The van der Waals surface area contributed by atoms with Gasteiger partial charge in [0.25, 0.3) is 0 Å². The lowest BCUT2D eigenvalue weighted by Crippen LogP contribution is -2.12. The Morgan fingerprint density at radius 2 is 1.86 bits per heavy atom. The first kappa shape index (κ1) is 15.9. The molecule has 1 aromatic heterocycles. The zero-order valence-corrected chi connectivity index (χ0v) is 13.6. The lowest BCUT2D eigenvalue weighted by atomic mass is 10.2. The Morgan fingerprint density at radius 1 is 1.19 bits per heavy atom. The van der Waals surface area contributed by atoms with Gasteiger partial charge in [0.2, 0.25) is 0 Å². The Kier molecular flexibility index (Phi) is 5.31. The van der Waals surface area contributed by atoms with Crippen LogP contribution in [-0.4, -0.2) is 36.5 Å². The molecule has 0 amide bonds. The second-order valence-electron chi connectivity index (χ2n) is 4.93. The molecule has 2 aromatic rings. The quantitative estimate of drug-likeness (QED) is 0.736. The number of alkyl halides is 1. The Bertz CT molecular complexity index is 610. The van der Waals surface area contributed by atoms with E-state index in [1.54, 1.807) is 14.2 Å². The molecule has 1 heterocycles. The Hall–Kier alpha value is -1.46. The number of imidazole rings is 1. The van der Waals surface area contributed by atoms with Gasteiger partial charge < -0.3 is 18.8 Å². The van der Waals surface area contributed by atoms with Gasteiger partial charge in [-0.05, 0) is 13.8 Å². The van der Waals surface area contributed by atoms with Gasteiger partial charge in [0.05, 0.1) is 43.8 Å². The van der Waals surface area contributed by atoms with Crippen LogP contribution in [-0.2, 0) is 17.2 Å². The molecule has 0 saturated heterocycles. The molecule has 0 N–H and O–H groups in total. The number of benzene rings is 1. The van der Waals surface area contributed by atoms with Gasteiger partial charge in [-0.1, -0.05) is 0 Å². The summed E-state index contributed by atoms with van der Waals surface area (Å²) in [5.41, 5.74) is 1.81. The zero-order chi connectivity index (χ0) is 15.4. The topological polar surface area (TPSA) is 45.5 Å². The minimum Gasteiger partial charge on any atom is -0.493 e. The number of hydrogen-bond donors (Lipinski definition) is 0. The molecule has 2 rings (SSSR count). The lowest BCUT2D eigenvalue weighted by Gasteiger charge is -2.12. The number of halogens is 1. The van der Waals surface area contributed by atoms with Crippen LogP contribution < -0.4 is 9.47 Å². The molecule has 0 aliphatic carbocycles. The van der Waals surface area contributed by atoms with E-state index in [0.29, 0.717) is 30.5 Å². The SMILES string of the molecule is COc1cc2nc(CCl)n(CCOC(C)C)c2cc1OC. The molecule has 6 heteroatoms. The molecule has 0 saturated carbocycles. The van der Waals surface area contributed by atoms with E-state index in [1.807, 2.05) is 26.0 Å². The van der Waals surface area contributed by atoms with Gasteiger partial charge in [-0.3, -0.25) is 0 Å². The normalized spacial score (nSPS) is 11.3. The number of methoxy groups -OCH3 is 2. The smallest absolute Gasteiger partial charge is 0.163 e. The monoisotopic (exact) mass is 312 g/mol. The van der Waals surface area contributed by atoms with Crippen LogP contribution >= 0.6 is 11.6 Å². The van der Waals surface area contributed by atoms with Crippen molar-refractivity contribution in [3.63, 3.8) is 0 Å². The maximum atomic E-state index is 6.01. The van der Waals surface area contributed by atoms with Crippen molar-refractivity contribution in [3.05, 3.63) is 18.0 Å². The van der Waals surface area contributed by atoms with Crippen LogP contribution in [0.4, 0.5) is 0 Å². The molecular weight excluding hydrogens is 292 g/mol. The first-order valence-corrected chi connectivity index (χ1v) is 7.42. The van der Waals surface area contributed by atoms with E-state index in [2.05, 4.69) is 9.55 Å². The highest BCUT2D eigenvalue weighted by Gasteiger charge is 2.14. The molecule has 0 radical (unpaired) electrons. The average Bonchev–Trinajstić information content (AvgIpc) is 2.82. The summed E-state index contributed by atoms with van der Waals surface area (Å²) in [5, 5.41) is 0. The highest BCUT2D eigenvalue weighted by molar-refractivity contribution is 6.16. The molecular formula is C15H21ClN2O3. The zero-order valence-electron chi connectivity index (χ0n) is 12.9. The van der Waals surface area contributed by atoms with Crippen LogP contribution in [0.1, 0.15) is 19.7 Å². The Labute approximate surface area is 129 Å². The average molecular weight is 313 g/mol. The molecule has 0 aliphatic heterocycles. The number of aromatic nitrogens is 2. The summed E-state index contributed by atoms with van der Waals surface area (Å²) in [4.78, 5) is 4.55. The summed E-state index contributed by atoms with van der Waals surface area (Å²) in [7, 11) is 3.23. The molecule has 0 fully saturated rings. The maximum absolute atomic E-state index is 6.01. The van der Waals surface area contributed by atoms with Crippen LogP contribution in [0.3, 0.4) is 0 Å². The summed E-state index contributed by atoms with van der Waals surface area (Å²) in [6.07, 6.45) is 0.203. The molecule has 21 heavy (non-hydrogen) atoms. The van der Waals surface area contributed by atoms with Crippen molar-refractivity contribution in [1.82, 2.24) is 9.55 Å². The second-order valence-corrected chi connectivity index (χ2v) is 5.20. The molecule has 0 aliphatic rings. The van der Waals surface area contributed by atoms with Crippen molar-refractivity contribution in [2.45, 2.75) is 32.4 Å². The first-order chi connectivity index (χ1) is 10.1. The molecule has 116 valence electrons. The Balaban J connectivity index is 2.41. The molecule has 0 atom stereocenters. The van der Waals surface area contributed by atoms with Crippen molar-refractivity contribution in [2.75, 3.05) is 20.8 Å². The van der Waals surface area contributed by atoms with Crippen LogP contribution in [0.2, 0.25) is 0 Å². The van der Waals surface area contributed by atoms with Crippen molar-refractivity contribution in [2.24, 2.45) is 0 Å². The van der Waals surface area contributed by atoms with Crippen LogP contribution in [0.15, 0.2) is 12.1 Å². The number of fused-ring (bicyclic) bond motifs is 1. The fourth-order valence-electron chi connectivity index (χ4n) is 2.23. The minimum absolute atomic E-state index is 0.203. The maximum Gasteiger partial charge on any atom is 0.163 e. The van der Waals surface area contributed by atoms with Gasteiger partial charge in [0.15, 0.2) is 11.5 Å². The van der Waals surface area contributed by atoms with Crippen molar-refractivity contribution in [1.29, 1.82) is 0 Å². The largest absolute Gasteiger partial charge is 0.493 e. The van der Waals surface area contributed by atoms with E-state index in [9.17, 15) is 0 Å². The fraction of sp³-hybridized carbons (Fsp3) is 0.533. The van der Waals surface area contributed by atoms with E-state index in [0.717, 1.165) is 16.9 Å². The fourth-order valence-corrected chi connectivity index (χ4v) is 2.44. The minimum atomic E-state index is 0.203. The summed E-state index contributed by atoms with van der Waals surface area (Å²) >= 11 is 6.01. The molecule has 5 nitrogen and oxygen atoms in total. The molecule has 0 spiro atoms. The summed E-state index contributed by atoms with van der Waals surface area (Å²) < 4.78 is 18.3. The lowest BCUT2D eigenvalue weighted by molar-refractivity contribution is 0.0729. The van der Waals surface area contributed by atoms with E-state index < -0.39 is 0 Å². The van der Waals surface area contributed by atoms with Crippen molar-refractivity contribution < 1.29 is 14.2 Å². The van der Waals surface area contributed by atoms with Crippen molar-refractivity contribution >= 4 is 22.6 Å². The van der Waals surface area contributed by atoms with Crippen LogP contribution in [0, 0.1) is 0 Å². The highest BCUT2D eigenvalue weighted by Crippen LogP contribution is 2.32. The third kappa shape index (κ3) is 3.41. The summed E-state index contributed by atoms with van der Waals surface area (Å²) in [6.45, 7) is 5.35. The number of hydrogen-bond acceptors (Lipinski definition) is 4. The van der Waals surface area contributed by atoms with E-state index in [4.69, 9.17) is 25.8 Å². The van der Waals surface area contributed by atoms with Gasteiger partial charge in [0.1, 0.15) is 5.82 Å². The second kappa shape index (κ2) is 7.00. The van der Waals surface area contributed by atoms with E-state index in [1.165, 1.54) is 0 Å². The predicted octanol–water partition coefficient (Wildman–Crippen LogP) is 3.22. The van der Waals surface area contributed by atoms with Gasteiger partial charge in [0, 0.05) is 18.7 Å². The third-order valence-corrected chi connectivity index (χ3v) is 3.46. The van der Waals surface area contributed by atoms with Gasteiger partial charge in [-0.2, -0.15) is 0 Å². The van der Waals surface area contributed by atoms with E-state index >= 15 is 0 Å². The van der Waals surface area contributed by atoms with Gasteiger partial charge >= 0.3 is 0 Å². The number of ether oxygens (including phenoxy) is 3. The molecule has 1 aromatic carbocycles. The predicted molar refractivity (Wildman–Crippen MR) is 83.5 cm³/mol. The highest BCUT2D eigenvalue weighted by atomic mass is 35.5. The van der Waals surface area contributed by atoms with Crippen LogP contribution in [0.5, 0.6) is 11.5 Å².